The highest BCUT2D eigenvalue weighted by atomic mass is 19.3. The van der Waals surface area contributed by atoms with Gasteiger partial charge in [0.05, 0.1) is 12.2 Å². The number of hydrogen-bond acceptors (Lipinski definition) is 2. The number of ether oxygens (including phenoxy) is 2. The van der Waals surface area contributed by atoms with Crippen LogP contribution in [0.25, 0.3) is 0 Å². The van der Waals surface area contributed by atoms with E-state index in [1.165, 1.54) is 0 Å². The maximum Gasteiger partial charge on any atom is 0.253 e. The van der Waals surface area contributed by atoms with Crippen LogP contribution in [0.1, 0.15) is 24.7 Å². The summed E-state index contributed by atoms with van der Waals surface area (Å²) in [6.45, 7) is 0. The van der Waals surface area contributed by atoms with Gasteiger partial charge in [0.1, 0.15) is 0 Å². The molecule has 1 saturated heterocycles. The van der Waals surface area contributed by atoms with Crippen molar-refractivity contribution in [2.75, 3.05) is 0 Å². The first-order valence-electron chi connectivity index (χ1n) is 5.38. The zero-order valence-corrected chi connectivity index (χ0v) is 8.61. The van der Waals surface area contributed by atoms with Crippen molar-refractivity contribution in [3.63, 3.8) is 0 Å². The molecule has 2 fully saturated rings. The lowest BCUT2D eigenvalue weighted by Crippen LogP contribution is -2.14. The van der Waals surface area contributed by atoms with Crippen LogP contribution in [-0.4, -0.2) is 18.1 Å². The summed E-state index contributed by atoms with van der Waals surface area (Å²) < 4.78 is 37.1. The molecule has 16 heavy (non-hydrogen) atoms. The zero-order valence-electron chi connectivity index (χ0n) is 8.61. The van der Waals surface area contributed by atoms with E-state index in [4.69, 9.17) is 9.47 Å². The summed E-state index contributed by atoms with van der Waals surface area (Å²) in [5, 5.41) is 0. The Balaban J connectivity index is 1.73. The molecular weight excluding hydrogens is 214 g/mol. The van der Waals surface area contributed by atoms with E-state index in [1.807, 2.05) is 30.3 Å². The summed E-state index contributed by atoms with van der Waals surface area (Å²) in [4.78, 5) is 0. The Labute approximate surface area is 92.2 Å². The highest BCUT2D eigenvalue weighted by Crippen LogP contribution is 2.46. The molecule has 1 aliphatic carbocycles. The molecule has 0 N–H and O–H groups in total. The molecule has 1 unspecified atom stereocenters. The van der Waals surface area contributed by atoms with Crippen LogP contribution in [0.15, 0.2) is 30.3 Å². The molecule has 0 radical (unpaired) electrons. The minimum atomic E-state index is -2.63. The number of fused-ring (bicyclic) bond motifs is 1. The van der Waals surface area contributed by atoms with Crippen LogP contribution in [0.2, 0.25) is 0 Å². The summed E-state index contributed by atoms with van der Waals surface area (Å²) >= 11 is 0. The Morgan fingerprint density at radius 2 is 1.56 bits per heavy atom. The van der Waals surface area contributed by atoms with Crippen LogP contribution in [0.3, 0.4) is 0 Å². The van der Waals surface area contributed by atoms with Crippen LogP contribution >= 0.6 is 0 Å². The summed E-state index contributed by atoms with van der Waals surface area (Å²) in [6.07, 6.45) is -1.84. The molecule has 0 amide bonds. The second-order valence-electron chi connectivity index (χ2n) is 4.36. The monoisotopic (exact) mass is 226 g/mol. The van der Waals surface area contributed by atoms with Crippen molar-refractivity contribution in [3.05, 3.63) is 35.9 Å². The third-order valence-electron chi connectivity index (χ3n) is 3.08. The SMILES string of the molecule is FC1(F)C[C@@H]2OC(c3ccccc3)O[C@@H]2C1. The van der Waals surface area contributed by atoms with Crippen molar-refractivity contribution >= 4 is 0 Å². The second kappa shape index (κ2) is 3.50. The fourth-order valence-corrected chi connectivity index (χ4v) is 2.32. The first-order chi connectivity index (χ1) is 7.64. The molecule has 1 saturated carbocycles. The molecule has 1 heterocycles. The van der Waals surface area contributed by atoms with Gasteiger partial charge in [-0.05, 0) is 0 Å². The normalized spacial score (nSPS) is 36.2. The highest BCUT2D eigenvalue weighted by molar-refractivity contribution is 5.17. The maximum absolute atomic E-state index is 13.0. The average Bonchev–Trinajstić information content (AvgIpc) is 2.72. The summed E-state index contributed by atoms with van der Waals surface area (Å²) in [6, 6.07) is 9.41. The van der Waals surface area contributed by atoms with Crippen molar-refractivity contribution < 1.29 is 18.3 Å². The second-order valence-corrected chi connectivity index (χ2v) is 4.36. The van der Waals surface area contributed by atoms with Crippen LogP contribution in [0, 0.1) is 0 Å². The van der Waals surface area contributed by atoms with E-state index in [-0.39, 0.29) is 12.8 Å². The molecule has 0 bridgehead atoms. The first-order valence-corrected chi connectivity index (χ1v) is 5.38. The molecule has 0 aromatic heterocycles. The van der Waals surface area contributed by atoms with Crippen LogP contribution in [-0.2, 0) is 9.47 Å². The van der Waals surface area contributed by atoms with E-state index in [2.05, 4.69) is 0 Å². The summed E-state index contributed by atoms with van der Waals surface area (Å²) in [7, 11) is 0. The predicted octanol–water partition coefficient (Wildman–Crippen LogP) is 2.90. The van der Waals surface area contributed by atoms with Crippen molar-refractivity contribution in [2.45, 2.75) is 37.3 Å². The van der Waals surface area contributed by atoms with Gasteiger partial charge in [-0.1, -0.05) is 30.3 Å². The Bertz CT molecular complexity index is 364. The number of halogens is 2. The van der Waals surface area contributed by atoms with E-state index in [0.29, 0.717) is 0 Å². The first kappa shape index (κ1) is 10.2. The van der Waals surface area contributed by atoms with Gasteiger partial charge in [0, 0.05) is 18.4 Å². The van der Waals surface area contributed by atoms with E-state index < -0.39 is 24.4 Å². The van der Waals surface area contributed by atoms with E-state index >= 15 is 0 Å². The third kappa shape index (κ3) is 1.72. The molecule has 3 rings (SSSR count). The molecule has 86 valence electrons. The fourth-order valence-electron chi connectivity index (χ4n) is 2.32. The molecule has 1 aliphatic heterocycles. The third-order valence-corrected chi connectivity index (χ3v) is 3.08. The Morgan fingerprint density at radius 3 is 2.12 bits per heavy atom. The van der Waals surface area contributed by atoms with Gasteiger partial charge in [-0.3, -0.25) is 0 Å². The topological polar surface area (TPSA) is 18.5 Å². The van der Waals surface area contributed by atoms with Gasteiger partial charge in [0.15, 0.2) is 6.29 Å². The molecule has 1 aromatic carbocycles. The van der Waals surface area contributed by atoms with E-state index in [0.717, 1.165) is 5.56 Å². The predicted molar refractivity (Wildman–Crippen MR) is 53.1 cm³/mol. The number of hydrogen-bond donors (Lipinski definition) is 0. The van der Waals surface area contributed by atoms with Gasteiger partial charge in [-0.15, -0.1) is 0 Å². The van der Waals surface area contributed by atoms with Crippen molar-refractivity contribution in [2.24, 2.45) is 0 Å². The van der Waals surface area contributed by atoms with Crippen molar-refractivity contribution in [1.82, 2.24) is 0 Å². The smallest absolute Gasteiger partial charge is 0.253 e. The molecule has 2 aliphatic rings. The molecular formula is C12H12F2O2. The number of rotatable bonds is 1. The van der Waals surface area contributed by atoms with Gasteiger partial charge in [0.2, 0.25) is 0 Å². The van der Waals surface area contributed by atoms with Gasteiger partial charge in [-0.2, -0.15) is 0 Å². The minimum Gasteiger partial charge on any atom is -0.342 e. The zero-order chi connectivity index (χ0) is 11.2. The Kier molecular flexibility index (Phi) is 2.23. The van der Waals surface area contributed by atoms with E-state index in [1.54, 1.807) is 0 Å². The molecule has 1 aromatic rings. The maximum atomic E-state index is 13.0. The summed E-state index contributed by atoms with van der Waals surface area (Å²) in [5.41, 5.74) is 0.889. The lowest BCUT2D eigenvalue weighted by molar-refractivity contribution is -0.111. The van der Waals surface area contributed by atoms with Crippen molar-refractivity contribution in [3.8, 4) is 0 Å². The van der Waals surface area contributed by atoms with Gasteiger partial charge >= 0.3 is 0 Å². The van der Waals surface area contributed by atoms with Gasteiger partial charge in [-0.25, -0.2) is 8.78 Å². The van der Waals surface area contributed by atoms with Crippen LogP contribution < -0.4 is 0 Å². The van der Waals surface area contributed by atoms with Crippen LogP contribution in [0.5, 0.6) is 0 Å². The summed E-state index contributed by atoms with van der Waals surface area (Å²) in [5.74, 6) is -2.63. The van der Waals surface area contributed by atoms with Gasteiger partial charge < -0.3 is 9.47 Å². The lowest BCUT2D eigenvalue weighted by Gasteiger charge is -2.14. The van der Waals surface area contributed by atoms with Crippen molar-refractivity contribution in [1.29, 1.82) is 0 Å². The highest BCUT2D eigenvalue weighted by Gasteiger charge is 2.52. The fraction of sp³-hybridized carbons (Fsp3) is 0.500. The molecule has 3 atom stereocenters. The quantitative estimate of drug-likeness (QED) is 0.733. The number of alkyl halides is 2. The average molecular weight is 226 g/mol. The molecule has 0 spiro atoms. The lowest BCUT2D eigenvalue weighted by atomic mass is 10.2. The standard InChI is InChI=1S/C12H12F2O2/c13-12(14)6-9-10(7-12)16-11(15-9)8-4-2-1-3-5-8/h1-5,9-11H,6-7H2/t9-,10+,11?. The Hall–Kier alpha value is -1.00. The molecule has 2 nitrogen and oxygen atoms in total. The van der Waals surface area contributed by atoms with Crippen LogP contribution in [0.4, 0.5) is 8.78 Å². The minimum absolute atomic E-state index is 0.221. The Morgan fingerprint density at radius 1 is 1.00 bits per heavy atom. The van der Waals surface area contributed by atoms with Gasteiger partial charge in [0.25, 0.3) is 5.92 Å². The molecule has 4 heteroatoms. The largest absolute Gasteiger partial charge is 0.342 e. The number of benzene rings is 1. The van der Waals surface area contributed by atoms with E-state index in [9.17, 15) is 8.78 Å².